The number of aromatic hydroxyl groups is 1. The molecule has 2 N–H and O–H groups in total. The van der Waals surface area contributed by atoms with Gasteiger partial charge in [0.25, 0.3) is 5.91 Å². The number of carbonyl (C=O) groups excluding carboxylic acids is 1. The number of hydrogen-bond donors (Lipinski definition) is 2. The van der Waals surface area contributed by atoms with E-state index in [0.717, 1.165) is 5.56 Å². The fraction of sp³-hybridized carbons (Fsp3) is 0. The van der Waals surface area contributed by atoms with E-state index in [-0.39, 0.29) is 11.7 Å². The maximum atomic E-state index is 12.0. The quantitative estimate of drug-likeness (QED) is 0.820. The zero-order valence-electron chi connectivity index (χ0n) is 11.3. The van der Waals surface area contributed by atoms with E-state index in [4.69, 9.17) is 11.6 Å². The highest BCUT2D eigenvalue weighted by Crippen LogP contribution is 2.29. The summed E-state index contributed by atoms with van der Waals surface area (Å²) in [5, 5.41) is 13.2. The van der Waals surface area contributed by atoms with Gasteiger partial charge in [-0.3, -0.25) is 4.79 Å². The van der Waals surface area contributed by atoms with Crippen LogP contribution in [0.4, 0.5) is 5.69 Å². The first kappa shape index (κ1) is 14.7. The Morgan fingerprint density at radius 3 is 2.77 bits per heavy atom. The predicted molar refractivity (Wildman–Crippen MR) is 90.4 cm³/mol. The Morgan fingerprint density at radius 2 is 2.00 bits per heavy atom. The van der Waals surface area contributed by atoms with Crippen LogP contribution in [0.25, 0.3) is 6.08 Å². The van der Waals surface area contributed by atoms with E-state index in [2.05, 4.69) is 10.3 Å². The van der Waals surface area contributed by atoms with E-state index < -0.39 is 0 Å². The molecule has 1 saturated heterocycles. The molecule has 1 amide bonds. The highest BCUT2D eigenvalue weighted by atomic mass is 35.5. The number of benzene rings is 2. The van der Waals surface area contributed by atoms with Crippen molar-refractivity contribution in [2.75, 3.05) is 0 Å². The SMILES string of the molecule is O=C1NC(=Nc2cccc(Cl)c2)S/C1=C/c1cccc(O)c1. The molecule has 4 nitrogen and oxygen atoms in total. The van der Waals surface area contributed by atoms with Gasteiger partial charge in [0.05, 0.1) is 10.6 Å². The maximum Gasteiger partial charge on any atom is 0.264 e. The monoisotopic (exact) mass is 330 g/mol. The van der Waals surface area contributed by atoms with Crippen LogP contribution in [0.15, 0.2) is 58.4 Å². The molecule has 6 heteroatoms. The molecule has 1 aliphatic rings. The molecule has 0 saturated carbocycles. The van der Waals surface area contributed by atoms with E-state index >= 15 is 0 Å². The summed E-state index contributed by atoms with van der Waals surface area (Å²) in [5.41, 5.74) is 1.43. The first-order chi connectivity index (χ1) is 10.6. The standard InChI is InChI=1S/C16H11ClN2O2S/c17-11-4-2-5-12(9-11)18-16-19-15(21)14(22-16)8-10-3-1-6-13(20)7-10/h1-9,20H,(H,18,19,21)/b14-8+. The number of hydrogen-bond acceptors (Lipinski definition) is 4. The molecule has 0 aromatic heterocycles. The summed E-state index contributed by atoms with van der Waals surface area (Å²) in [6.07, 6.45) is 1.71. The van der Waals surface area contributed by atoms with Crippen LogP contribution in [0, 0.1) is 0 Å². The van der Waals surface area contributed by atoms with Crippen molar-refractivity contribution in [3.05, 3.63) is 64.0 Å². The summed E-state index contributed by atoms with van der Waals surface area (Å²) in [5.74, 6) is -0.0558. The second-order valence-corrected chi connectivity index (χ2v) is 6.02. The third-order valence-electron chi connectivity index (χ3n) is 2.86. The van der Waals surface area contributed by atoms with Crippen molar-refractivity contribution < 1.29 is 9.90 Å². The minimum atomic E-state index is -0.214. The number of nitrogens with one attached hydrogen (secondary N) is 1. The normalized spacial score (nSPS) is 18.0. The van der Waals surface area contributed by atoms with Gasteiger partial charge in [-0.2, -0.15) is 0 Å². The van der Waals surface area contributed by atoms with Gasteiger partial charge in [-0.15, -0.1) is 0 Å². The van der Waals surface area contributed by atoms with E-state index in [1.54, 1.807) is 42.5 Å². The molecule has 1 fully saturated rings. The molecule has 0 unspecified atom stereocenters. The summed E-state index contributed by atoms with van der Waals surface area (Å²) < 4.78 is 0. The van der Waals surface area contributed by atoms with Gasteiger partial charge in [-0.25, -0.2) is 4.99 Å². The molecule has 22 heavy (non-hydrogen) atoms. The van der Waals surface area contributed by atoms with Crippen LogP contribution < -0.4 is 5.32 Å². The van der Waals surface area contributed by atoms with Crippen molar-refractivity contribution in [3.63, 3.8) is 0 Å². The number of aliphatic imine (C=N–C) groups is 1. The van der Waals surface area contributed by atoms with Crippen LogP contribution in [0.5, 0.6) is 5.75 Å². The maximum absolute atomic E-state index is 12.0. The van der Waals surface area contributed by atoms with Crippen molar-refractivity contribution in [1.82, 2.24) is 5.32 Å². The zero-order valence-corrected chi connectivity index (χ0v) is 12.9. The number of phenols is 1. The summed E-state index contributed by atoms with van der Waals surface area (Å²) in [6.45, 7) is 0. The van der Waals surface area contributed by atoms with Crippen LogP contribution in [-0.2, 0) is 4.79 Å². The summed E-state index contributed by atoms with van der Waals surface area (Å²) in [7, 11) is 0. The van der Waals surface area contributed by atoms with E-state index in [0.29, 0.717) is 20.8 Å². The molecule has 2 aromatic rings. The first-order valence-electron chi connectivity index (χ1n) is 6.44. The largest absolute Gasteiger partial charge is 0.508 e. The summed E-state index contributed by atoms with van der Waals surface area (Å²) in [4.78, 5) is 16.8. The van der Waals surface area contributed by atoms with E-state index in [9.17, 15) is 9.90 Å². The molecule has 0 spiro atoms. The van der Waals surface area contributed by atoms with Crippen molar-refractivity contribution in [2.45, 2.75) is 0 Å². The number of nitrogens with zero attached hydrogens (tertiary/aromatic N) is 1. The van der Waals surface area contributed by atoms with Gasteiger partial charge >= 0.3 is 0 Å². The van der Waals surface area contributed by atoms with Gasteiger partial charge in [0, 0.05) is 5.02 Å². The fourth-order valence-corrected chi connectivity index (χ4v) is 2.94. The Hall–Kier alpha value is -2.24. The molecule has 1 heterocycles. The van der Waals surface area contributed by atoms with Crippen LogP contribution in [-0.4, -0.2) is 16.2 Å². The lowest BCUT2D eigenvalue weighted by atomic mass is 10.2. The molecular weight excluding hydrogens is 320 g/mol. The Bertz CT molecular complexity index is 802. The third kappa shape index (κ3) is 3.50. The molecule has 0 radical (unpaired) electrons. The zero-order chi connectivity index (χ0) is 15.5. The number of rotatable bonds is 2. The topological polar surface area (TPSA) is 61.7 Å². The first-order valence-corrected chi connectivity index (χ1v) is 7.64. The Morgan fingerprint density at radius 1 is 1.18 bits per heavy atom. The van der Waals surface area contributed by atoms with Gasteiger partial charge in [0.1, 0.15) is 5.75 Å². The number of amidine groups is 1. The van der Waals surface area contributed by atoms with Crippen LogP contribution in [0.3, 0.4) is 0 Å². The third-order valence-corrected chi connectivity index (χ3v) is 4.00. The minimum Gasteiger partial charge on any atom is -0.508 e. The summed E-state index contributed by atoms with van der Waals surface area (Å²) >= 11 is 7.16. The number of amides is 1. The smallest absolute Gasteiger partial charge is 0.264 e. The molecule has 0 bridgehead atoms. The molecule has 1 aliphatic heterocycles. The Kier molecular flexibility index (Phi) is 4.18. The molecule has 110 valence electrons. The van der Waals surface area contributed by atoms with Gasteiger partial charge in [-0.05, 0) is 53.7 Å². The average molecular weight is 331 g/mol. The van der Waals surface area contributed by atoms with Crippen LogP contribution in [0.2, 0.25) is 5.02 Å². The van der Waals surface area contributed by atoms with Crippen LogP contribution in [0.1, 0.15) is 5.56 Å². The lowest BCUT2D eigenvalue weighted by molar-refractivity contribution is -0.115. The number of phenolic OH excluding ortho intramolecular Hbond substituents is 1. The van der Waals surface area contributed by atoms with E-state index in [1.165, 1.54) is 11.8 Å². The summed E-state index contributed by atoms with van der Waals surface area (Å²) in [6, 6.07) is 13.8. The van der Waals surface area contributed by atoms with Gasteiger partial charge in [0.15, 0.2) is 5.17 Å². The minimum absolute atomic E-state index is 0.158. The number of halogens is 1. The highest BCUT2D eigenvalue weighted by Gasteiger charge is 2.23. The van der Waals surface area contributed by atoms with Crippen LogP contribution >= 0.6 is 23.4 Å². The predicted octanol–water partition coefficient (Wildman–Crippen LogP) is 3.94. The molecule has 0 aliphatic carbocycles. The molecule has 2 aromatic carbocycles. The Balaban J connectivity index is 1.84. The van der Waals surface area contributed by atoms with Crippen molar-refractivity contribution in [1.29, 1.82) is 0 Å². The fourth-order valence-electron chi connectivity index (χ4n) is 1.91. The van der Waals surface area contributed by atoms with Crippen molar-refractivity contribution in [2.24, 2.45) is 4.99 Å². The second kappa shape index (κ2) is 6.25. The number of thioether (sulfide) groups is 1. The molecule has 3 rings (SSSR count). The molecule has 0 atom stereocenters. The second-order valence-electron chi connectivity index (χ2n) is 4.56. The van der Waals surface area contributed by atoms with E-state index in [1.807, 2.05) is 12.1 Å². The van der Waals surface area contributed by atoms with Gasteiger partial charge in [-0.1, -0.05) is 29.8 Å². The Labute approximate surface area is 136 Å². The van der Waals surface area contributed by atoms with Gasteiger partial charge < -0.3 is 10.4 Å². The highest BCUT2D eigenvalue weighted by molar-refractivity contribution is 8.18. The number of carbonyl (C=O) groups is 1. The molecular formula is C16H11ClN2O2S. The average Bonchev–Trinajstić information content (AvgIpc) is 2.79. The lowest BCUT2D eigenvalue weighted by Crippen LogP contribution is -2.19. The van der Waals surface area contributed by atoms with Gasteiger partial charge in [0.2, 0.25) is 0 Å². The van der Waals surface area contributed by atoms with Crippen molar-refractivity contribution in [3.8, 4) is 5.75 Å². The van der Waals surface area contributed by atoms with Crippen molar-refractivity contribution >= 4 is 46.2 Å². The lowest BCUT2D eigenvalue weighted by Gasteiger charge is -1.97.